The van der Waals surface area contributed by atoms with Crippen LogP contribution >= 0.6 is 0 Å². The number of rotatable bonds is 4. The number of amidine groups is 1. The minimum absolute atomic E-state index is 0.125. The van der Waals surface area contributed by atoms with Crippen LogP contribution in [0.1, 0.15) is 6.92 Å². The summed E-state index contributed by atoms with van der Waals surface area (Å²) in [5.74, 6) is -0.210. The minimum atomic E-state index is -0.210. The molecule has 0 aromatic rings. The molecule has 0 radical (unpaired) electrons. The van der Waals surface area contributed by atoms with E-state index < -0.39 is 0 Å². The van der Waals surface area contributed by atoms with Crippen molar-refractivity contribution in [1.29, 1.82) is 5.41 Å². The van der Waals surface area contributed by atoms with Gasteiger partial charge in [-0.2, -0.15) is 0 Å². The standard InChI is InChI=1S/C8H11N3O/c1-3-5-7(11-12)6(4-2)8(9)10/h3-5H,2H2,1H3,(H3,9,10)/b5-3-,7-6-. The summed E-state index contributed by atoms with van der Waals surface area (Å²) in [5, 5.41) is 9.80. The van der Waals surface area contributed by atoms with Crippen molar-refractivity contribution in [2.45, 2.75) is 6.92 Å². The van der Waals surface area contributed by atoms with E-state index in [2.05, 4.69) is 11.8 Å². The van der Waals surface area contributed by atoms with Crippen LogP contribution in [-0.4, -0.2) is 5.84 Å². The van der Waals surface area contributed by atoms with E-state index >= 15 is 0 Å². The predicted octanol–water partition coefficient (Wildman–Crippen LogP) is 1.70. The van der Waals surface area contributed by atoms with Crippen LogP contribution in [0.4, 0.5) is 0 Å². The van der Waals surface area contributed by atoms with Crippen LogP contribution in [0.5, 0.6) is 0 Å². The highest BCUT2D eigenvalue weighted by Crippen LogP contribution is 2.08. The lowest BCUT2D eigenvalue weighted by Crippen LogP contribution is -2.12. The Morgan fingerprint density at radius 1 is 1.67 bits per heavy atom. The predicted molar refractivity (Wildman–Crippen MR) is 49.7 cm³/mol. The van der Waals surface area contributed by atoms with Crippen molar-refractivity contribution < 1.29 is 0 Å². The van der Waals surface area contributed by atoms with Crippen molar-refractivity contribution in [3.63, 3.8) is 0 Å². The molecule has 0 atom stereocenters. The maximum Gasteiger partial charge on any atom is 0.125 e. The fourth-order valence-corrected chi connectivity index (χ4v) is 0.680. The Balaban J connectivity index is 5.14. The second-order valence-electron chi connectivity index (χ2n) is 2.01. The fraction of sp³-hybridized carbons (Fsp3) is 0.125. The van der Waals surface area contributed by atoms with E-state index in [0.29, 0.717) is 0 Å². The summed E-state index contributed by atoms with van der Waals surface area (Å²) in [6.45, 7) is 5.16. The maximum atomic E-state index is 10.2. The van der Waals surface area contributed by atoms with Crippen molar-refractivity contribution in [3.8, 4) is 0 Å². The molecule has 0 aliphatic carbocycles. The Hall–Kier alpha value is -1.71. The summed E-state index contributed by atoms with van der Waals surface area (Å²) < 4.78 is 0. The molecule has 0 saturated heterocycles. The van der Waals surface area contributed by atoms with E-state index in [4.69, 9.17) is 11.1 Å². The van der Waals surface area contributed by atoms with Crippen molar-refractivity contribution in [1.82, 2.24) is 0 Å². The average molecular weight is 165 g/mol. The Kier molecular flexibility index (Phi) is 4.30. The molecule has 0 heterocycles. The van der Waals surface area contributed by atoms with E-state index in [-0.39, 0.29) is 17.1 Å². The quantitative estimate of drug-likeness (QED) is 0.288. The lowest BCUT2D eigenvalue weighted by Gasteiger charge is -1.98. The molecule has 64 valence electrons. The molecule has 0 fully saturated rings. The highest BCUT2D eigenvalue weighted by molar-refractivity contribution is 5.98. The third-order valence-electron chi connectivity index (χ3n) is 1.19. The topological polar surface area (TPSA) is 79.3 Å². The van der Waals surface area contributed by atoms with Gasteiger partial charge in [-0.05, 0) is 18.2 Å². The summed E-state index contributed by atoms with van der Waals surface area (Å²) in [7, 11) is 0. The van der Waals surface area contributed by atoms with Crippen LogP contribution in [0.25, 0.3) is 0 Å². The molecule has 0 saturated carbocycles. The molecule has 0 aliphatic heterocycles. The number of nitrogens with zero attached hydrogens (tertiary/aromatic N) is 1. The fourth-order valence-electron chi connectivity index (χ4n) is 0.680. The van der Waals surface area contributed by atoms with Gasteiger partial charge in [0.15, 0.2) is 0 Å². The lowest BCUT2D eigenvalue weighted by molar-refractivity contribution is 1.32. The smallest absolute Gasteiger partial charge is 0.125 e. The number of hydrogen-bond acceptors (Lipinski definition) is 3. The van der Waals surface area contributed by atoms with Crippen molar-refractivity contribution in [2.24, 2.45) is 10.9 Å². The van der Waals surface area contributed by atoms with E-state index in [1.807, 2.05) is 0 Å². The third kappa shape index (κ3) is 2.49. The number of allylic oxidation sites excluding steroid dienone is 2. The monoisotopic (exact) mass is 165 g/mol. The molecule has 12 heavy (non-hydrogen) atoms. The van der Waals surface area contributed by atoms with E-state index in [0.717, 1.165) is 0 Å². The van der Waals surface area contributed by atoms with Gasteiger partial charge in [-0.1, -0.05) is 18.7 Å². The first-order valence-corrected chi connectivity index (χ1v) is 3.34. The Bertz CT molecular complexity index is 263. The molecule has 0 amide bonds. The lowest BCUT2D eigenvalue weighted by atomic mass is 10.2. The Morgan fingerprint density at radius 3 is 2.50 bits per heavy atom. The zero-order chi connectivity index (χ0) is 9.56. The molecule has 0 aromatic heterocycles. The van der Waals surface area contributed by atoms with Crippen LogP contribution in [0.15, 0.2) is 41.3 Å². The Morgan fingerprint density at radius 2 is 2.25 bits per heavy atom. The molecule has 0 bridgehead atoms. The third-order valence-corrected chi connectivity index (χ3v) is 1.19. The summed E-state index contributed by atoms with van der Waals surface area (Å²) in [5.41, 5.74) is 5.55. The number of hydrogen-bond donors (Lipinski definition) is 2. The summed E-state index contributed by atoms with van der Waals surface area (Å²) in [6.07, 6.45) is 4.45. The van der Waals surface area contributed by atoms with Crippen LogP contribution in [0.3, 0.4) is 0 Å². The van der Waals surface area contributed by atoms with Gasteiger partial charge in [0.1, 0.15) is 11.5 Å². The average Bonchev–Trinajstić information content (AvgIpc) is 2.03. The molecule has 0 unspecified atom stereocenters. The zero-order valence-electron chi connectivity index (χ0n) is 6.87. The van der Waals surface area contributed by atoms with E-state index in [1.165, 1.54) is 12.2 Å². The van der Waals surface area contributed by atoms with Gasteiger partial charge in [-0.15, -0.1) is 4.91 Å². The van der Waals surface area contributed by atoms with Crippen molar-refractivity contribution in [3.05, 3.63) is 41.0 Å². The van der Waals surface area contributed by atoms with Gasteiger partial charge in [0.2, 0.25) is 0 Å². The second kappa shape index (κ2) is 5.01. The largest absolute Gasteiger partial charge is 0.384 e. The molecule has 0 rings (SSSR count). The van der Waals surface area contributed by atoms with Gasteiger partial charge in [0.25, 0.3) is 0 Å². The van der Waals surface area contributed by atoms with Gasteiger partial charge < -0.3 is 5.73 Å². The molecular formula is C8H11N3O. The van der Waals surface area contributed by atoms with Gasteiger partial charge in [-0.3, -0.25) is 5.41 Å². The summed E-state index contributed by atoms with van der Waals surface area (Å²) in [6, 6.07) is 0. The second-order valence-corrected chi connectivity index (χ2v) is 2.01. The molecule has 0 aromatic carbocycles. The molecule has 0 spiro atoms. The molecule has 4 nitrogen and oxygen atoms in total. The van der Waals surface area contributed by atoms with Gasteiger partial charge in [-0.25, -0.2) is 0 Å². The van der Waals surface area contributed by atoms with Crippen LogP contribution in [0.2, 0.25) is 0 Å². The molecular weight excluding hydrogens is 154 g/mol. The van der Waals surface area contributed by atoms with Crippen molar-refractivity contribution in [2.75, 3.05) is 0 Å². The number of nitrogens with one attached hydrogen (secondary N) is 1. The number of nitrogens with two attached hydrogens (primary N) is 1. The van der Waals surface area contributed by atoms with Gasteiger partial charge in [0.05, 0.1) is 0 Å². The summed E-state index contributed by atoms with van der Waals surface area (Å²) >= 11 is 0. The number of nitroso groups, excluding NO2 is 1. The maximum absolute atomic E-state index is 10.2. The summed E-state index contributed by atoms with van der Waals surface area (Å²) in [4.78, 5) is 10.2. The molecule has 3 N–H and O–H groups in total. The molecule has 0 aliphatic rings. The van der Waals surface area contributed by atoms with Crippen molar-refractivity contribution >= 4 is 5.84 Å². The normalized spacial score (nSPS) is 12.4. The highest BCUT2D eigenvalue weighted by atomic mass is 16.3. The first kappa shape index (κ1) is 10.3. The SMILES string of the molecule is C=C/C(C(=N)N)=C(\C=C/C)N=O. The van der Waals surface area contributed by atoms with Crippen LogP contribution in [0, 0.1) is 10.3 Å². The van der Waals surface area contributed by atoms with Gasteiger partial charge in [0, 0.05) is 5.57 Å². The van der Waals surface area contributed by atoms with Crippen LogP contribution in [-0.2, 0) is 0 Å². The van der Waals surface area contributed by atoms with Crippen LogP contribution < -0.4 is 5.73 Å². The zero-order valence-corrected chi connectivity index (χ0v) is 6.87. The first-order valence-electron chi connectivity index (χ1n) is 3.34. The Labute approximate surface area is 70.9 Å². The van der Waals surface area contributed by atoms with Gasteiger partial charge >= 0.3 is 0 Å². The van der Waals surface area contributed by atoms with E-state index in [9.17, 15) is 4.91 Å². The highest BCUT2D eigenvalue weighted by Gasteiger charge is 2.03. The van der Waals surface area contributed by atoms with E-state index in [1.54, 1.807) is 13.0 Å². The molecule has 4 heteroatoms. The first-order chi connectivity index (χ1) is 5.67. The minimum Gasteiger partial charge on any atom is -0.384 e.